The van der Waals surface area contributed by atoms with E-state index in [2.05, 4.69) is 0 Å². The van der Waals surface area contributed by atoms with Crippen LogP contribution in [0.4, 0.5) is 8.78 Å². The zero-order valence-electron chi connectivity index (χ0n) is 9.88. The number of hydrogen-bond donors (Lipinski definition) is 2. The van der Waals surface area contributed by atoms with Crippen LogP contribution in [0.5, 0.6) is 5.75 Å². The van der Waals surface area contributed by atoms with E-state index < -0.39 is 18.8 Å². The Hall–Kier alpha value is -1.92. The topological polar surface area (TPSA) is 49.7 Å². The Morgan fingerprint density at radius 1 is 1.00 bits per heavy atom. The third-order valence-corrected chi connectivity index (χ3v) is 2.57. The van der Waals surface area contributed by atoms with Gasteiger partial charge in [0, 0.05) is 11.5 Å². The quantitative estimate of drug-likeness (QED) is 0.816. The largest absolute Gasteiger partial charge is 0.492 e. The van der Waals surface area contributed by atoms with Crippen LogP contribution in [0.15, 0.2) is 42.5 Å². The maximum absolute atomic E-state index is 13.1. The Morgan fingerprint density at radius 2 is 1.63 bits per heavy atom. The van der Waals surface area contributed by atoms with Gasteiger partial charge >= 0.3 is 7.12 Å². The third kappa shape index (κ3) is 3.30. The summed E-state index contributed by atoms with van der Waals surface area (Å²) >= 11 is 0. The van der Waals surface area contributed by atoms with E-state index in [1.54, 1.807) is 12.1 Å². The maximum atomic E-state index is 13.1. The SMILES string of the molecule is OB(O)c1cc(F)c(F)cc1OCc1ccccc1. The van der Waals surface area contributed by atoms with E-state index in [9.17, 15) is 8.78 Å². The fraction of sp³-hybridized carbons (Fsp3) is 0.0769. The molecule has 0 bridgehead atoms. The molecule has 2 rings (SSSR count). The molecule has 0 saturated heterocycles. The van der Waals surface area contributed by atoms with Crippen molar-refractivity contribution in [1.82, 2.24) is 0 Å². The average Bonchev–Trinajstić information content (AvgIpc) is 2.40. The van der Waals surface area contributed by atoms with Crippen molar-refractivity contribution < 1.29 is 23.6 Å². The van der Waals surface area contributed by atoms with E-state index in [-0.39, 0.29) is 17.8 Å². The van der Waals surface area contributed by atoms with E-state index in [1.165, 1.54) is 0 Å². The minimum Gasteiger partial charge on any atom is -0.489 e. The second kappa shape index (κ2) is 5.82. The Balaban J connectivity index is 2.22. The van der Waals surface area contributed by atoms with E-state index in [0.717, 1.165) is 11.6 Å². The van der Waals surface area contributed by atoms with Gasteiger partial charge in [-0.2, -0.15) is 0 Å². The van der Waals surface area contributed by atoms with Crippen molar-refractivity contribution in [1.29, 1.82) is 0 Å². The lowest BCUT2D eigenvalue weighted by Crippen LogP contribution is -2.32. The predicted molar refractivity (Wildman–Crippen MR) is 67.0 cm³/mol. The maximum Gasteiger partial charge on any atom is 0.492 e. The third-order valence-electron chi connectivity index (χ3n) is 2.57. The highest BCUT2D eigenvalue weighted by Gasteiger charge is 2.20. The molecule has 0 fully saturated rings. The molecule has 98 valence electrons. The second-order valence-electron chi connectivity index (χ2n) is 3.95. The molecule has 0 heterocycles. The molecule has 0 spiro atoms. The van der Waals surface area contributed by atoms with Crippen molar-refractivity contribution in [2.75, 3.05) is 0 Å². The molecule has 0 unspecified atom stereocenters. The summed E-state index contributed by atoms with van der Waals surface area (Å²) in [5.41, 5.74) is 0.612. The van der Waals surface area contributed by atoms with Gasteiger partial charge in [-0.25, -0.2) is 8.78 Å². The van der Waals surface area contributed by atoms with Gasteiger partial charge in [0.25, 0.3) is 0 Å². The summed E-state index contributed by atoms with van der Waals surface area (Å²) in [6.07, 6.45) is 0. The van der Waals surface area contributed by atoms with Gasteiger partial charge in [-0.05, 0) is 11.6 Å². The van der Waals surface area contributed by atoms with Crippen LogP contribution in [-0.2, 0) is 6.61 Å². The molecule has 0 aliphatic heterocycles. The molecule has 2 N–H and O–H groups in total. The first kappa shape index (κ1) is 13.5. The second-order valence-corrected chi connectivity index (χ2v) is 3.95. The van der Waals surface area contributed by atoms with Crippen LogP contribution in [0.3, 0.4) is 0 Å². The van der Waals surface area contributed by atoms with E-state index in [1.807, 2.05) is 18.2 Å². The highest BCUT2D eigenvalue weighted by molar-refractivity contribution is 6.59. The van der Waals surface area contributed by atoms with Crippen LogP contribution in [0.25, 0.3) is 0 Å². The number of halogens is 2. The van der Waals surface area contributed by atoms with Crippen molar-refractivity contribution in [3.63, 3.8) is 0 Å². The van der Waals surface area contributed by atoms with Gasteiger partial charge in [0.05, 0.1) is 0 Å². The van der Waals surface area contributed by atoms with Crippen molar-refractivity contribution in [2.45, 2.75) is 6.61 Å². The number of hydrogen-bond acceptors (Lipinski definition) is 3. The summed E-state index contributed by atoms with van der Waals surface area (Å²) in [7, 11) is -1.93. The minimum absolute atomic E-state index is 0.0993. The summed E-state index contributed by atoms with van der Waals surface area (Å²) in [6, 6.07) is 10.6. The van der Waals surface area contributed by atoms with Gasteiger partial charge in [0.2, 0.25) is 0 Å². The first-order valence-electron chi connectivity index (χ1n) is 5.59. The molecule has 6 heteroatoms. The van der Waals surface area contributed by atoms with Crippen LogP contribution >= 0.6 is 0 Å². The first-order valence-corrected chi connectivity index (χ1v) is 5.59. The Kier molecular flexibility index (Phi) is 4.14. The van der Waals surface area contributed by atoms with Crippen LogP contribution in [-0.4, -0.2) is 17.2 Å². The molecular weight excluding hydrogens is 253 g/mol. The highest BCUT2D eigenvalue weighted by atomic mass is 19.2. The van der Waals surface area contributed by atoms with Crippen LogP contribution in [0.2, 0.25) is 0 Å². The molecule has 0 aromatic heterocycles. The molecule has 0 aliphatic carbocycles. The number of rotatable bonds is 4. The van der Waals surface area contributed by atoms with Gasteiger partial charge in [0.1, 0.15) is 12.4 Å². The smallest absolute Gasteiger partial charge is 0.489 e. The highest BCUT2D eigenvalue weighted by Crippen LogP contribution is 2.15. The molecule has 0 atom stereocenters. The molecular formula is C13H11BF2O3. The Morgan fingerprint density at radius 3 is 2.26 bits per heavy atom. The summed E-state index contributed by atoms with van der Waals surface area (Å²) in [6.45, 7) is 0.117. The summed E-state index contributed by atoms with van der Waals surface area (Å²) in [4.78, 5) is 0. The lowest BCUT2D eigenvalue weighted by Gasteiger charge is -2.11. The van der Waals surface area contributed by atoms with Gasteiger partial charge in [0.15, 0.2) is 11.6 Å². The average molecular weight is 264 g/mol. The lowest BCUT2D eigenvalue weighted by atomic mass is 9.79. The van der Waals surface area contributed by atoms with Crippen molar-refractivity contribution >= 4 is 12.6 Å². The fourth-order valence-corrected chi connectivity index (χ4v) is 1.61. The van der Waals surface area contributed by atoms with E-state index in [4.69, 9.17) is 14.8 Å². The molecule has 3 nitrogen and oxygen atoms in total. The molecule has 2 aromatic rings. The molecule has 19 heavy (non-hydrogen) atoms. The normalized spacial score (nSPS) is 10.3. The lowest BCUT2D eigenvalue weighted by molar-refractivity contribution is 0.304. The summed E-state index contributed by atoms with van der Waals surface area (Å²) in [5, 5.41) is 18.2. The predicted octanol–water partition coefficient (Wildman–Crippen LogP) is 1.22. The van der Waals surface area contributed by atoms with E-state index >= 15 is 0 Å². The molecule has 0 amide bonds. The number of benzene rings is 2. The Labute approximate surface area is 109 Å². The van der Waals surface area contributed by atoms with Crippen LogP contribution < -0.4 is 10.2 Å². The Bertz CT molecular complexity index is 561. The zero-order valence-corrected chi connectivity index (χ0v) is 9.88. The summed E-state index contributed by atoms with van der Waals surface area (Å²) < 4.78 is 31.5. The molecule has 0 aliphatic rings. The minimum atomic E-state index is -1.93. The van der Waals surface area contributed by atoms with Gasteiger partial charge in [-0.15, -0.1) is 0 Å². The monoisotopic (exact) mass is 264 g/mol. The van der Waals surface area contributed by atoms with Crippen molar-refractivity contribution in [3.05, 3.63) is 59.7 Å². The standard InChI is InChI=1S/C13H11BF2O3/c15-11-6-10(14(17)18)13(7-12(11)16)19-8-9-4-2-1-3-5-9/h1-7,17-18H,8H2. The zero-order chi connectivity index (χ0) is 13.8. The summed E-state index contributed by atoms with van der Waals surface area (Å²) in [5.74, 6) is -2.36. The first-order chi connectivity index (χ1) is 9.08. The van der Waals surface area contributed by atoms with Crippen LogP contribution in [0, 0.1) is 11.6 Å². The molecule has 0 radical (unpaired) electrons. The molecule has 0 saturated carbocycles. The number of ether oxygens (including phenoxy) is 1. The van der Waals surface area contributed by atoms with Gasteiger partial charge in [-0.3, -0.25) is 0 Å². The van der Waals surface area contributed by atoms with Gasteiger partial charge < -0.3 is 14.8 Å². The van der Waals surface area contributed by atoms with Crippen molar-refractivity contribution in [3.8, 4) is 5.75 Å². The van der Waals surface area contributed by atoms with Crippen molar-refractivity contribution in [2.24, 2.45) is 0 Å². The van der Waals surface area contributed by atoms with E-state index in [0.29, 0.717) is 6.07 Å². The van der Waals surface area contributed by atoms with Crippen LogP contribution in [0.1, 0.15) is 5.56 Å². The van der Waals surface area contributed by atoms with Gasteiger partial charge in [-0.1, -0.05) is 30.3 Å². The molecule has 2 aromatic carbocycles. The fourth-order valence-electron chi connectivity index (χ4n) is 1.61.